The zero-order valence-electron chi connectivity index (χ0n) is 15.3. The first-order valence-corrected chi connectivity index (χ1v) is 10.1. The van der Waals surface area contributed by atoms with E-state index in [9.17, 15) is 9.59 Å². The molecule has 4 heteroatoms. The number of carboxylic acids is 1. The SMILES string of the molecule is O=C(O)CC(=O)OCCCCCC1CCCCCCCCCCC1. The van der Waals surface area contributed by atoms with Crippen molar-refractivity contribution in [2.75, 3.05) is 6.61 Å². The van der Waals surface area contributed by atoms with Gasteiger partial charge in [0.15, 0.2) is 0 Å². The van der Waals surface area contributed by atoms with Crippen LogP contribution in [-0.4, -0.2) is 23.7 Å². The van der Waals surface area contributed by atoms with Gasteiger partial charge in [0.05, 0.1) is 6.61 Å². The standard InChI is InChI=1S/C20H36O4/c21-19(22)17-20(23)24-16-12-8-11-15-18-13-9-6-4-2-1-3-5-7-10-14-18/h18H,1-17H2,(H,21,22). The van der Waals surface area contributed by atoms with E-state index in [2.05, 4.69) is 0 Å². The number of rotatable bonds is 8. The van der Waals surface area contributed by atoms with Gasteiger partial charge < -0.3 is 9.84 Å². The van der Waals surface area contributed by atoms with Crippen LogP contribution in [0.15, 0.2) is 0 Å². The molecule has 0 radical (unpaired) electrons. The van der Waals surface area contributed by atoms with Crippen LogP contribution in [0.25, 0.3) is 0 Å². The average Bonchev–Trinajstić information content (AvgIpc) is 2.52. The van der Waals surface area contributed by atoms with E-state index < -0.39 is 18.4 Å². The number of carbonyl (C=O) groups is 2. The molecule has 1 aliphatic rings. The summed E-state index contributed by atoms with van der Waals surface area (Å²) >= 11 is 0. The molecule has 4 nitrogen and oxygen atoms in total. The summed E-state index contributed by atoms with van der Waals surface area (Å²) in [5, 5.41) is 8.48. The van der Waals surface area contributed by atoms with Crippen LogP contribution in [-0.2, 0) is 14.3 Å². The highest BCUT2D eigenvalue weighted by Gasteiger charge is 2.10. The number of carboxylic acid groups (broad SMARTS) is 1. The molecular weight excluding hydrogens is 304 g/mol. The molecule has 0 spiro atoms. The molecule has 1 aliphatic carbocycles. The summed E-state index contributed by atoms with van der Waals surface area (Å²) in [5.74, 6) is -0.872. The highest BCUT2D eigenvalue weighted by molar-refractivity contribution is 5.90. The quantitative estimate of drug-likeness (QED) is 0.361. The molecule has 0 aliphatic heterocycles. The van der Waals surface area contributed by atoms with Crippen molar-refractivity contribution in [1.82, 2.24) is 0 Å². The van der Waals surface area contributed by atoms with Crippen LogP contribution < -0.4 is 0 Å². The summed E-state index contributed by atoms with van der Waals surface area (Å²) in [4.78, 5) is 21.5. The van der Waals surface area contributed by atoms with Gasteiger partial charge in [0.1, 0.15) is 6.42 Å². The molecule has 0 aromatic heterocycles. The zero-order chi connectivity index (χ0) is 17.5. The van der Waals surface area contributed by atoms with Crippen molar-refractivity contribution in [1.29, 1.82) is 0 Å². The van der Waals surface area contributed by atoms with Crippen LogP contribution in [0.5, 0.6) is 0 Å². The highest BCUT2D eigenvalue weighted by Crippen LogP contribution is 2.25. The van der Waals surface area contributed by atoms with Crippen LogP contribution in [0.1, 0.15) is 103 Å². The Balaban J connectivity index is 2.07. The summed E-state index contributed by atoms with van der Waals surface area (Å²) in [6.45, 7) is 0.358. The first-order chi connectivity index (χ1) is 11.7. The fraction of sp³-hybridized carbons (Fsp3) is 0.900. The average molecular weight is 341 g/mol. The fourth-order valence-corrected chi connectivity index (χ4v) is 3.61. The fourth-order valence-electron chi connectivity index (χ4n) is 3.61. The van der Waals surface area contributed by atoms with Gasteiger partial charge in [-0.1, -0.05) is 89.9 Å². The van der Waals surface area contributed by atoms with Gasteiger partial charge in [-0.25, -0.2) is 0 Å². The molecule has 0 heterocycles. The zero-order valence-corrected chi connectivity index (χ0v) is 15.3. The van der Waals surface area contributed by atoms with Crippen molar-refractivity contribution in [2.24, 2.45) is 5.92 Å². The minimum absolute atomic E-state index is 0.358. The van der Waals surface area contributed by atoms with Gasteiger partial charge in [-0.15, -0.1) is 0 Å². The Kier molecular flexibility index (Phi) is 12.5. The molecule has 1 N–H and O–H groups in total. The molecule has 0 bridgehead atoms. The summed E-state index contributed by atoms with van der Waals surface area (Å²) < 4.78 is 4.92. The molecule has 24 heavy (non-hydrogen) atoms. The maximum atomic E-state index is 11.1. The molecule has 1 fully saturated rings. The number of ether oxygens (including phenoxy) is 1. The Labute approximate surface area is 147 Å². The lowest BCUT2D eigenvalue weighted by Gasteiger charge is -2.17. The van der Waals surface area contributed by atoms with E-state index in [4.69, 9.17) is 9.84 Å². The van der Waals surface area contributed by atoms with E-state index in [1.807, 2.05) is 0 Å². The van der Waals surface area contributed by atoms with Crippen LogP contribution in [0, 0.1) is 5.92 Å². The van der Waals surface area contributed by atoms with Crippen molar-refractivity contribution in [3.05, 3.63) is 0 Å². The molecule has 0 aromatic rings. The lowest BCUT2D eigenvalue weighted by molar-refractivity contribution is -0.151. The number of esters is 1. The Morgan fingerprint density at radius 3 is 1.88 bits per heavy atom. The van der Waals surface area contributed by atoms with E-state index in [1.54, 1.807) is 0 Å². The molecule has 1 rings (SSSR count). The van der Waals surface area contributed by atoms with Gasteiger partial charge >= 0.3 is 11.9 Å². The van der Waals surface area contributed by atoms with Crippen molar-refractivity contribution in [3.63, 3.8) is 0 Å². The number of hydrogen-bond donors (Lipinski definition) is 1. The Hall–Kier alpha value is -1.06. The second kappa shape index (κ2) is 14.3. The van der Waals surface area contributed by atoms with Crippen molar-refractivity contribution in [3.8, 4) is 0 Å². The molecule has 0 aromatic carbocycles. The second-order valence-electron chi connectivity index (χ2n) is 7.27. The minimum Gasteiger partial charge on any atom is -0.481 e. The summed E-state index contributed by atoms with van der Waals surface area (Å²) in [6, 6.07) is 0. The van der Waals surface area contributed by atoms with Crippen molar-refractivity contribution >= 4 is 11.9 Å². The van der Waals surface area contributed by atoms with Crippen LogP contribution in [0.2, 0.25) is 0 Å². The van der Waals surface area contributed by atoms with Gasteiger partial charge in [-0.2, -0.15) is 0 Å². The van der Waals surface area contributed by atoms with E-state index in [0.29, 0.717) is 6.61 Å². The van der Waals surface area contributed by atoms with E-state index in [-0.39, 0.29) is 0 Å². The van der Waals surface area contributed by atoms with Crippen LogP contribution in [0.3, 0.4) is 0 Å². The van der Waals surface area contributed by atoms with Gasteiger partial charge in [0, 0.05) is 0 Å². The van der Waals surface area contributed by atoms with E-state index in [0.717, 1.165) is 18.8 Å². The van der Waals surface area contributed by atoms with E-state index >= 15 is 0 Å². The van der Waals surface area contributed by atoms with Crippen molar-refractivity contribution < 1.29 is 19.4 Å². The lowest BCUT2D eigenvalue weighted by Crippen LogP contribution is -2.11. The first kappa shape index (κ1) is 21.0. The second-order valence-corrected chi connectivity index (χ2v) is 7.27. The number of aliphatic carboxylic acids is 1. The highest BCUT2D eigenvalue weighted by atomic mass is 16.5. The maximum Gasteiger partial charge on any atom is 0.317 e. The maximum absolute atomic E-state index is 11.1. The molecule has 140 valence electrons. The monoisotopic (exact) mass is 340 g/mol. The molecule has 0 atom stereocenters. The third-order valence-corrected chi connectivity index (χ3v) is 5.04. The number of unbranched alkanes of at least 4 members (excludes halogenated alkanes) is 2. The topological polar surface area (TPSA) is 63.6 Å². The number of carbonyl (C=O) groups excluding carboxylic acids is 1. The minimum atomic E-state index is -1.12. The van der Waals surface area contributed by atoms with Gasteiger partial charge in [-0.05, 0) is 12.3 Å². The summed E-state index contributed by atoms with van der Waals surface area (Å²) in [6.07, 6.45) is 19.3. The lowest BCUT2D eigenvalue weighted by atomic mass is 9.89. The van der Waals surface area contributed by atoms with Gasteiger partial charge in [0.2, 0.25) is 0 Å². The predicted octanol–water partition coefficient (Wildman–Crippen LogP) is 5.49. The molecule has 0 unspecified atom stereocenters. The predicted molar refractivity (Wildman–Crippen MR) is 96.0 cm³/mol. The first-order valence-electron chi connectivity index (χ1n) is 10.1. The molecular formula is C20H36O4. The third-order valence-electron chi connectivity index (χ3n) is 5.04. The third kappa shape index (κ3) is 12.4. The summed E-state index contributed by atoms with van der Waals surface area (Å²) in [5.41, 5.74) is 0. The molecule has 0 saturated heterocycles. The van der Waals surface area contributed by atoms with Crippen molar-refractivity contribution in [2.45, 2.75) is 103 Å². The van der Waals surface area contributed by atoms with Crippen LogP contribution in [0.4, 0.5) is 0 Å². The van der Waals surface area contributed by atoms with Gasteiger partial charge in [0.25, 0.3) is 0 Å². The van der Waals surface area contributed by atoms with Gasteiger partial charge in [-0.3, -0.25) is 9.59 Å². The van der Waals surface area contributed by atoms with E-state index in [1.165, 1.54) is 83.5 Å². The van der Waals surface area contributed by atoms with Crippen LogP contribution >= 0.6 is 0 Å². The molecule has 1 saturated carbocycles. The number of hydrogen-bond acceptors (Lipinski definition) is 3. The Morgan fingerprint density at radius 1 is 0.792 bits per heavy atom. The largest absolute Gasteiger partial charge is 0.481 e. The smallest absolute Gasteiger partial charge is 0.317 e. The summed E-state index contributed by atoms with van der Waals surface area (Å²) in [7, 11) is 0. The molecule has 0 amide bonds. The normalized spacial score (nSPS) is 18.3. The Bertz CT molecular complexity index is 329. The Morgan fingerprint density at radius 2 is 1.33 bits per heavy atom.